The summed E-state index contributed by atoms with van der Waals surface area (Å²) >= 11 is 0. The standard InChI is InChI=1S/C22H25N5O/c1-26(18-12-15-3-4-16(11-15)13-18)22-8-7-20(24-25-22)19-6-5-17(14-21(19)28)27-10-2-9-23-27/h2,5-10,14-16,18,28H,3-4,11-13H2,1H3/t15-,16+,18?. The monoisotopic (exact) mass is 375 g/mol. The zero-order valence-corrected chi connectivity index (χ0v) is 16.1. The van der Waals surface area contributed by atoms with Crippen LogP contribution in [0.3, 0.4) is 0 Å². The highest BCUT2D eigenvalue weighted by atomic mass is 16.3. The van der Waals surface area contributed by atoms with Crippen LogP contribution in [0.4, 0.5) is 5.82 Å². The molecule has 0 radical (unpaired) electrons. The first-order valence-corrected chi connectivity index (χ1v) is 10.1. The second-order valence-corrected chi connectivity index (χ2v) is 8.21. The molecule has 1 unspecified atom stereocenters. The van der Waals surface area contributed by atoms with E-state index in [0.717, 1.165) is 23.3 Å². The van der Waals surface area contributed by atoms with E-state index < -0.39 is 0 Å². The molecule has 5 rings (SSSR count). The highest BCUT2D eigenvalue weighted by molar-refractivity contribution is 5.69. The summed E-state index contributed by atoms with van der Waals surface area (Å²) in [5.41, 5.74) is 2.15. The number of hydrogen-bond donors (Lipinski definition) is 1. The largest absolute Gasteiger partial charge is 0.507 e. The maximum atomic E-state index is 10.5. The quantitative estimate of drug-likeness (QED) is 0.745. The molecule has 2 fully saturated rings. The minimum Gasteiger partial charge on any atom is -0.507 e. The fraction of sp³-hybridized carbons (Fsp3) is 0.409. The Morgan fingerprint density at radius 2 is 1.86 bits per heavy atom. The van der Waals surface area contributed by atoms with Crippen molar-refractivity contribution in [2.24, 2.45) is 11.8 Å². The number of phenols is 1. The van der Waals surface area contributed by atoms with Crippen molar-refractivity contribution in [3.8, 4) is 22.7 Å². The lowest BCUT2D eigenvalue weighted by Crippen LogP contribution is -2.37. The van der Waals surface area contributed by atoms with E-state index in [1.165, 1.54) is 32.1 Å². The van der Waals surface area contributed by atoms with Crippen LogP contribution in [0, 0.1) is 11.8 Å². The molecular weight excluding hydrogens is 350 g/mol. The minimum absolute atomic E-state index is 0.173. The molecule has 2 aliphatic carbocycles. The van der Waals surface area contributed by atoms with Crippen LogP contribution in [-0.2, 0) is 0 Å². The van der Waals surface area contributed by atoms with Gasteiger partial charge in [0, 0.05) is 37.1 Å². The summed E-state index contributed by atoms with van der Waals surface area (Å²) in [6, 6.07) is 11.8. The summed E-state index contributed by atoms with van der Waals surface area (Å²) in [5, 5.41) is 23.5. The van der Waals surface area contributed by atoms with Crippen LogP contribution in [0.25, 0.3) is 16.9 Å². The Balaban J connectivity index is 1.35. The Labute approximate surface area is 164 Å². The lowest BCUT2D eigenvalue weighted by molar-refractivity contribution is 0.312. The second-order valence-electron chi connectivity index (χ2n) is 8.21. The van der Waals surface area contributed by atoms with Crippen LogP contribution in [0.2, 0.25) is 0 Å². The van der Waals surface area contributed by atoms with Gasteiger partial charge in [-0.2, -0.15) is 5.10 Å². The average molecular weight is 375 g/mol. The molecule has 2 aromatic heterocycles. The third kappa shape index (κ3) is 3.13. The van der Waals surface area contributed by atoms with Gasteiger partial charge in [0.25, 0.3) is 0 Å². The van der Waals surface area contributed by atoms with Gasteiger partial charge in [-0.3, -0.25) is 0 Å². The van der Waals surface area contributed by atoms with Gasteiger partial charge in [-0.05, 0) is 61.4 Å². The average Bonchev–Trinajstić information content (AvgIpc) is 3.37. The molecule has 0 saturated heterocycles. The third-order valence-electron chi connectivity index (χ3n) is 6.45. The van der Waals surface area contributed by atoms with Gasteiger partial charge >= 0.3 is 0 Å². The number of aromatic nitrogens is 4. The molecule has 2 saturated carbocycles. The Bertz CT molecular complexity index is 942. The summed E-state index contributed by atoms with van der Waals surface area (Å²) in [4.78, 5) is 2.29. The SMILES string of the molecule is CN(c1ccc(-c2ccc(-n3cccn3)cc2O)nn1)C1C[C@H]2CC[C@@H](C1)C2. The van der Waals surface area contributed by atoms with Crippen LogP contribution in [0.5, 0.6) is 5.75 Å². The van der Waals surface area contributed by atoms with Crippen LogP contribution in [0.1, 0.15) is 32.1 Å². The van der Waals surface area contributed by atoms with Crippen molar-refractivity contribution >= 4 is 5.82 Å². The van der Waals surface area contributed by atoms with E-state index in [4.69, 9.17) is 0 Å². The molecule has 6 nitrogen and oxygen atoms in total. The van der Waals surface area contributed by atoms with E-state index in [1.54, 1.807) is 16.9 Å². The number of benzene rings is 1. The van der Waals surface area contributed by atoms with Gasteiger partial charge < -0.3 is 10.0 Å². The van der Waals surface area contributed by atoms with Crippen molar-refractivity contribution < 1.29 is 5.11 Å². The topological polar surface area (TPSA) is 67.1 Å². The lowest BCUT2D eigenvalue weighted by atomic mass is 9.85. The van der Waals surface area contributed by atoms with E-state index >= 15 is 0 Å². The van der Waals surface area contributed by atoms with Gasteiger partial charge in [-0.1, -0.05) is 12.8 Å². The molecule has 2 aliphatic rings. The summed E-state index contributed by atoms with van der Waals surface area (Å²) in [5.74, 6) is 2.86. The number of rotatable bonds is 4. The molecule has 144 valence electrons. The highest BCUT2D eigenvalue weighted by Crippen LogP contribution is 2.43. The van der Waals surface area contributed by atoms with Crippen LogP contribution in [0.15, 0.2) is 48.8 Å². The van der Waals surface area contributed by atoms with E-state index in [9.17, 15) is 5.11 Å². The number of hydrogen-bond acceptors (Lipinski definition) is 5. The van der Waals surface area contributed by atoms with Crippen molar-refractivity contribution in [1.82, 2.24) is 20.0 Å². The van der Waals surface area contributed by atoms with Crippen LogP contribution >= 0.6 is 0 Å². The number of anilines is 1. The summed E-state index contributed by atoms with van der Waals surface area (Å²) in [6.07, 6.45) is 10.3. The predicted molar refractivity (Wildman–Crippen MR) is 109 cm³/mol. The first-order valence-electron chi connectivity index (χ1n) is 10.1. The minimum atomic E-state index is 0.173. The van der Waals surface area contributed by atoms with Gasteiger partial charge in [-0.25, -0.2) is 4.68 Å². The first kappa shape index (κ1) is 17.2. The maximum Gasteiger partial charge on any atom is 0.151 e. The molecule has 2 bridgehead atoms. The molecule has 0 spiro atoms. The number of fused-ring (bicyclic) bond motifs is 2. The molecule has 3 atom stereocenters. The maximum absolute atomic E-state index is 10.5. The van der Waals surface area contributed by atoms with Gasteiger partial charge in [0.2, 0.25) is 0 Å². The Kier molecular flexibility index (Phi) is 4.26. The number of nitrogens with zero attached hydrogens (tertiary/aromatic N) is 5. The molecule has 1 aromatic carbocycles. The molecule has 2 heterocycles. The predicted octanol–water partition coefficient (Wildman–Crippen LogP) is 4.05. The summed E-state index contributed by atoms with van der Waals surface area (Å²) in [6.45, 7) is 0. The molecule has 1 N–H and O–H groups in total. The number of aromatic hydroxyl groups is 1. The highest BCUT2D eigenvalue weighted by Gasteiger charge is 2.36. The van der Waals surface area contributed by atoms with E-state index in [0.29, 0.717) is 17.3 Å². The molecule has 3 aromatic rings. The third-order valence-corrected chi connectivity index (χ3v) is 6.45. The van der Waals surface area contributed by atoms with E-state index in [-0.39, 0.29) is 5.75 Å². The lowest BCUT2D eigenvalue weighted by Gasteiger charge is -2.35. The van der Waals surface area contributed by atoms with Gasteiger partial charge in [0.15, 0.2) is 5.82 Å². The Morgan fingerprint density at radius 1 is 1.04 bits per heavy atom. The molecule has 0 amide bonds. The fourth-order valence-corrected chi connectivity index (χ4v) is 4.93. The van der Waals surface area contributed by atoms with Gasteiger partial charge in [0.1, 0.15) is 5.75 Å². The molecular formula is C22H25N5O. The Morgan fingerprint density at radius 3 is 2.50 bits per heavy atom. The second kappa shape index (κ2) is 6.93. The van der Waals surface area contributed by atoms with Gasteiger partial charge in [0.05, 0.1) is 11.4 Å². The van der Waals surface area contributed by atoms with E-state index in [1.807, 2.05) is 36.5 Å². The smallest absolute Gasteiger partial charge is 0.151 e. The Hall–Kier alpha value is -2.89. The van der Waals surface area contributed by atoms with Crippen molar-refractivity contribution in [3.63, 3.8) is 0 Å². The van der Waals surface area contributed by atoms with Crippen molar-refractivity contribution in [1.29, 1.82) is 0 Å². The van der Waals surface area contributed by atoms with Crippen molar-refractivity contribution in [2.45, 2.75) is 38.1 Å². The fourth-order valence-electron chi connectivity index (χ4n) is 4.93. The zero-order valence-electron chi connectivity index (χ0n) is 16.1. The van der Waals surface area contributed by atoms with Crippen molar-refractivity contribution in [3.05, 3.63) is 48.8 Å². The van der Waals surface area contributed by atoms with Crippen LogP contribution in [-0.4, -0.2) is 38.2 Å². The summed E-state index contributed by atoms with van der Waals surface area (Å²) < 4.78 is 1.71. The van der Waals surface area contributed by atoms with E-state index in [2.05, 4.69) is 27.2 Å². The normalized spacial score (nSPS) is 23.7. The molecule has 28 heavy (non-hydrogen) atoms. The van der Waals surface area contributed by atoms with Crippen LogP contribution < -0.4 is 4.90 Å². The summed E-state index contributed by atoms with van der Waals surface area (Å²) in [7, 11) is 2.13. The van der Waals surface area contributed by atoms with Crippen molar-refractivity contribution in [2.75, 3.05) is 11.9 Å². The number of phenolic OH excluding ortho intramolecular Hbond substituents is 1. The van der Waals surface area contributed by atoms with Gasteiger partial charge in [-0.15, -0.1) is 10.2 Å². The zero-order chi connectivity index (χ0) is 19.1. The molecule has 0 aliphatic heterocycles. The molecule has 6 heteroatoms. The first-order chi connectivity index (χ1) is 13.7.